The summed E-state index contributed by atoms with van der Waals surface area (Å²) in [6.07, 6.45) is 1.61. The molecule has 30 heavy (non-hydrogen) atoms. The van der Waals surface area contributed by atoms with E-state index in [-0.39, 0.29) is 12.7 Å². The summed E-state index contributed by atoms with van der Waals surface area (Å²) in [6.45, 7) is 2.81. The molecule has 0 saturated heterocycles. The van der Waals surface area contributed by atoms with Gasteiger partial charge in [-0.05, 0) is 73.9 Å². The van der Waals surface area contributed by atoms with E-state index < -0.39 is 5.41 Å². The van der Waals surface area contributed by atoms with E-state index in [1.807, 2.05) is 67.6 Å². The van der Waals surface area contributed by atoms with E-state index in [0.29, 0.717) is 18.2 Å². The summed E-state index contributed by atoms with van der Waals surface area (Å²) in [4.78, 5) is 17.8. The third-order valence-corrected chi connectivity index (χ3v) is 5.56. The molecule has 2 heterocycles. The second-order valence-corrected chi connectivity index (χ2v) is 7.47. The number of pyridine rings is 1. The predicted molar refractivity (Wildman–Crippen MR) is 113 cm³/mol. The third-order valence-electron chi connectivity index (χ3n) is 5.56. The van der Waals surface area contributed by atoms with Crippen LogP contribution in [0.3, 0.4) is 0 Å². The van der Waals surface area contributed by atoms with E-state index in [2.05, 4.69) is 10.3 Å². The predicted octanol–water partition coefficient (Wildman–Crippen LogP) is 4.55. The van der Waals surface area contributed by atoms with E-state index >= 15 is 0 Å². The van der Waals surface area contributed by atoms with Crippen LogP contribution in [0.5, 0.6) is 17.2 Å². The summed E-state index contributed by atoms with van der Waals surface area (Å²) in [6, 6.07) is 19.1. The summed E-state index contributed by atoms with van der Waals surface area (Å²) in [7, 11) is 0. The molecule has 3 aromatic rings. The molecule has 1 aromatic heterocycles. The summed E-state index contributed by atoms with van der Waals surface area (Å²) < 4.78 is 16.3. The van der Waals surface area contributed by atoms with Crippen molar-refractivity contribution in [2.75, 3.05) is 18.7 Å². The number of amides is 1. The number of nitrogens with one attached hydrogen (secondary N) is 1. The monoisotopic (exact) mass is 402 g/mol. The van der Waals surface area contributed by atoms with Gasteiger partial charge in [-0.25, -0.2) is 4.98 Å². The lowest BCUT2D eigenvalue weighted by Gasteiger charge is -2.16. The van der Waals surface area contributed by atoms with Gasteiger partial charge in [0.2, 0.25) is 12.7 Å². The first-order valence-corrected chi connectivity index (χ1v) is 10.1. The highest BCUT2D eigenvalue weighted by Gasteiger charge is 2.51. The minimum Gasteiger partial charge on any atom is -0.494 e. The molecule has 2 aliphatic rings. The maximum atomic E-state index is 13.1. The normalized spacial score (nSPS) is 15.5. The third kappa shape index (κ3) is 3.34. The highest BCUT2D eigenvalue weighted by Crippen LogP contribution is 2.51. The number of hydrogen-bond acceptors (Lipinski definition) is 5. The zero-order valence-corrected chi connectivity index (χ0v) is 16.7. The molecule has 6 nitrogen and oxygen atoms in total. The van der Waals surface area contributed by atoms with E-state index in [4.69, 9.17) is 14.2 Å². The Labute approximate surface area is 174 Å². The lowest BCUT2D eigenvalue weighted by Crippen LogP contribution is -2.28. The number of benzene rings is 2. The molecule has 1 N–H and O–H groups in total. The maximum absolute atomic E-state index is 13.1. The van der Waals surface area contributed by atoms with Crippen molar-refractivity contribution in [1.82, 2.24) is 4.98 Å². The van der Waals surface area contributed by atoms with Crippen LogP contribution in [0, 0.1) is 0 Å². The quantitative estimate of drug-likeness (QED) is 0.655. The minimum atomic E-state index is -0.530. The van der Waals surface area contributed by atoms with Crippen LogP contribution in [0.25, 0.3) is 11.3 Å². The number of anilines is 1. The fourth-order valence-corrected chi connectivity index (χ4v) is 3.76. The molecule has 1 aliphatic carbocycles. The molecule has 0 unspecified atom stereocenters. The Hall–Kier alpha value is -3.54. The first kappa shape index (κ1) is 18.5. The van der Waals surface area contributed by atoms with Gasteiger partial charge < -0.3 is 19.5 Å². The van der Waals surface area contributed by atoms with Gasteiger partial charge >= 0.3 is 0 Å². The first-order chi connectivity index (χ1) is 14.7. The van der Waals surface area contributed by atoms with Crippen LogP contribution in [-0.2, 0) is 10.2 Å². The summed E-state index contributed by atoms with van der Waals surface area (Å²) in [5, 5.41) is 3.01. The average molecular weight is 402 g/mol. The molecule has 6 heteroatoms. The van der Waals surface area contributed by atoms with Crippen molar-refractivity contribution in [3.8, 4) is 28.5 Å². The molecule has 0 atom stereocenters. The summed E-state index contributed by atoms with van der Waals surface area (Å²) >= 11 is 0. The van der Waals surface area contributed by atoms with Crippen LogP contribution in [0.4, 0.5) is 5.82 Å². The Bertz CT molecular complexity index is 1090. The Kier molecular flexibility index (Phi) is 4.54. The summed E-state index contributed by atoms with van der Waals surface area (Å²) in [5.74, 6) is 2.74. The molecule has 0 radical (unpaired) electrons. The number of nitrogens with zero attached hydrogens (tertiary/aromatic N) is 1. The van der Waals surface area contributed by atoms with Crippen LogP contribution >= 0.6 is 0 Å². The molecule has 1 fully saturated rings. The van der Waals surface area contributed by atoms with Gasteiger partial charge in [0.25, 0.3) is 0 Å². The zero-order chi connectivity index (χ0) is 20.6. The van der Waals surface area contributed by atoms with Gasteiger partial charge in [-0.2, -0.15) is 0 Å². The number of ether oxygens (including phenoxy) is 3. The largest absolute Gasteiger partial charge is 0.494 e. The van der Waals surface area contributed by atoms with Crippen LogP contribution in [0.2, 0.25) is 0 Å². The fourth-order valence-electron chi connectivity index (χ4n) is 3.76. The molecular formula is C24H22N2O4. The fraction of sp³-hybridized carbons (Fsp3) is 0.250. The molecule has 2 aromatic carbocycles. The van der Waals surface area contributed by atoms with Crippen molar-refractivity contribution in [2.24, 2.45) is 0 Å². The van der Waals surface area contributed by atoms with Crippen molar-refractivity contribution < 1.29 is 19.0 Å². The second-order valence-electron chi connectivity index (χ2n) is 7.47. The Morgan fingerprint density at radius 1 is 1.07 bits per heavy atom. The van der Waals surface area contributed by atoms with E-state index in [9.17, 15) is 4.79 Å². The Morgan fingerprint density at radius 3 is 2.63 bits per heavy atom. The van der Waals surface area contributed by atoms with Gasteiger partial charge in [0.15, 0.2) is 11.5 Å². The molecular weight excluding hydrogens is 380 g/mol. The molecule has 152 valence electrons. The number of rotatable bonds is 6. The van der Waals surface area contributed by atoms with Crippen LogP contribution in [0.1, 0.15) is 25.3 Å². The second kappa shape index (κ2) is 7.37. The Morgan fingerprint density at radius 2 is 1.87 bits per heavy atom. The maximum Gasteiger partial charge on any atom is 0.236 e. The number of carbonyl (C=O) groups is 1. The standard InChI is InChI=1S/C24H22N2O4/c1-2-28-18-9-6-16(7-10-18)19-4-3-5-22(25-19)26-23(27)24(12-13-24)17-8-11-20-21(14-17)30-15-29-20/h3-11,14H,2,12-13,15H2,1H3,(H,25,26,27). The molecule has 1 saturated carbocycles. The van der Waals surface area contributed by atoms with Crippen molar-refractivity contribution in [2.45, 2.75) is 25.2 Å². The smallest absolute Gasteiger partial charge is 0.236 e. The molecule has 1 amide bonds. The zero-order valence-electron chi connectivity index (χ0n) is 16.7. The number of aromatic nitrogens is 1. The Balaban J connectivity index is 1.34. The number of fused-ring (bicyclic) bond motifs is 1. The van der Waals surface area contributed by atoms with Crippen molar-refractivity contribution in [1.29, 1.82) is 0 Å². The number of carbonyl (C=O) groups excluding carboxylic acids is 1. The van der Waals surface area contributed by atoms with Gasteiger partial charge in [0.05, 0.1) is 17.7 Å². The lowest BCUT2D eigenvalue weighted by atomic mass is 9.94. The van der Waals surface area contributed by atoms with Crippen LogP contribution in [-0.4, -0.2) is 24.3 Å². The van der Waals surface area contributed by atoms with Gasteiger partial charge in [-0.15, -0.1) is 0 Å². The molecule has 1 aliphatic heterocycles. The van der Waals surface area contributed by atoms with Crippen molar-refractivity contribution in [3.63, 3.8) is 0 Å². The van der Waals surface area contributed by atoms with Crippen LogP contribution < -0.4 is 19.5 Å². The van der Waals surface area contributed by atoms with Gasteiger partial charge in [0, 0.05) is 5.56 Å². The van der Waals surface area contributed by atoms with E-state index in [1.165, 1.54) is 0 Å². The van der Waals surface area contributed by atoms with Gasteiger partial charge in [-0.3, -0.25) is 4.79 Å². The highest BCUT2D eigenvalue weighted by molar-refractivity contribution is 6.01. The topological polar surface area (TPSA) is 69.7 Å². The molecule has 5 rings (SSSR count). The van der Waals surface area contributed by atoms with Crippen molar-refractivity contribution >= 4 is 11.7 Å². The van der Waals surface area contributed by atoms with Gasteiger partial charge in [-0.1, -0.05) is 12.1 Å². The molecule has 0 bridgehead atoms. The first-order valence-electron chi connectivity index (χ1n) is 10.1. The van der Waals surface area contributed by atoms with E-state index in [1.54, 1.807) is 0 Å². The average Bonchev–Trinajstić information content (AvgIpc) is 3.46. The highest BCUT2D eigenvalue weighted by atomic mass is 16.7. The number of hydrogen-bond donors (Lipinski definition) is 1. The summed E-state index contributed by atoms with van der Waals surface area (Å²) in [5.41, 5.74) is 2.18. The molecule has 0 spiro atoms. The SMILES string of the molecule is CCOc1ccc(-c2cccc(NC(=O)C3(c4ccc5c(c4)OCO5)CC3)n2)cc1. The van der Waals surface area contributed by atoms with E-state index in [0.717, 1.165) is 41.2 Å². The minimum absolute atomic E-state index is 0.0438. The lowest BCUT2D eigenvalue weighted by molar-refractivity contribution is -0.118. The van der Waals surface area contributed by atoms with Crippen molar-refractivity contribution in [3.05, 3.63) is 66.2 Å². The van der Waals surface area contributed by atoms with Gasteiger partial charge in [0.1, 0.15) is 11.6 Å². The van der Waals surface area contributed by atoms with Crippen LogP contribution in [0.15, 0.2) is 60.7 Å².